The molecule has 0 fully saturated rings. The van der Waals surface area contributed by atoms with Crippen LogP contribution in [-0.2, 0) is 0 Å². The Morgan fingerprint density at radius 3 is 2.39 bits per heavy atom. The van der Waals surface area contributed by atoms with E-state index in [1.165, 1.54) is 0 Å². The normalized spacial score (nSPS) is 23.1. The quantitative estimate of drug-likeness (QED) is 0.859. The Kier molecular flexibility index (Phi) is 4.42. The molecule has 23 heavy (non-hydrogen) atoms. The maximum atomic E-state index is 13.2. The van der Waals surface area contributed by atoms with Crippen LogP contribution in [0.1, 0.15) is 42.9 Å². The first-order chi connectivity index (χ1) is 11.1. The van der Waals surface area contributed by atoms with Gasteiger partial charge >= 0.3 is 0 Å². The van der Waals surface area contributed by atoms with E-state index in [1.54, 1.807) is 30.3 Å². The largest absolute Gasteiger partial charge is 0.508 e. The van der Waals surface area contributed by atoms with Crippen LogP contribution >= 0.6 is 0 Å². The van der Waals surface area contributed by atoms with Gasteiger partial charge < -0.3 is 14.9 Å². The fourth-order valence-electron chi connectivity index (χ4n) is 3.58. The molecule has 122 valence electrons. The molecule has 0 amide bonds. The van der Waals surface area contributed by atoms with E-state index in [9.17, 15) is 14.6 Å². The summed E-state index contributed by atoms with van der Waals surface area (Å²) >= 11 is 0. The number of phenolic OH excluding ortho intramolecular Hbond substituents is 2. The van der Waals surface area contributed by atoms with E-state index in [0.29, 0.717) is 6.42 Å². The first-order valence-corrected chi connectivity index (χ1v) is 7.98. The molecule has 4 heteroatoms. The molecule has 1 unspecified atom stereocenters. The molecule has 2 N–H and O–H groups in total. The first kappa shape index (κ1) is 15.7. The summed E-state index contributed by atoms with van der Waals surface area (Å²) in [5.41, 5.74) is 1.87. The van der Waals surface area contributed by atoms with Gasteiger partial charge in [0, 0.05) is 11.5 Å². The molecule has 2 aromatic carbocycles. The fourth-order valence-corrected chi connectivity index (χ4v) is 3.58. The third-order valence-corrected chi connectivity index (χ3v) is 4.66. The van der Waals surface area contributed by atoms with Crippen molar-refractivity contribution in [3.63, 3.8) is 0 Å². The second-order valence-corrected chi connectivity index (χ2v) is 6.01. The molecule has 0 aliphatic carbocycles. The van der Waals surface area contributed by atoms with Gasteiger partial charge in [-0.05, 0) is 54.7 Å². The van der Waals surface area contributed by atoms with Crippen molar-refractivity contribution in [2.45, 2.75) is 31.8 Å². The SMILES string of the molecule is CC[C@H]1c2cc(O)ccc2OC(c2ccc(O)cc2)[C@H]1CCF. The molecule has 0 aromatic heterocycles. The molecule has 1 aliphatic rings. The number of phenols is 2. The van der Waals surface area contributed by atoms with Crippen LogP contribution in [0.25, 0.3) is 0 Å². The van der Waals surface area contributed by atoms with Gasteiger partial charge in [0.15, 0.2) is 0 Å². The Labute approximate surface area is 135 Å². The zero-order valence-electron chi connectivity index (χ0n) is 13.1. The lowest BCUT2D eigenvalue weighted by Gasteiger charge is -2.39. The van der Waals surface area contributed by atoms with Gasteiger partial charge in [0.25, 0.3) is 0 Å². The maximum absolute atomic E-state index is 13.2. The molecule has 1 heterocycles. The Morgan fingerprint density at radius 2 is 1.74 bits per heavy atom. The van der Waals surface area contributed by atoms with Crippen LogP contribution in [0.15, 0.2) is 42.5 Å². The van der Waals surface area contributed by atoms with E-state index in [2.05, 4.69) is 6.92 Å². The van der Waals surface area contributed by atoms with Gasteiger partial charge in [-0.3, -0.25) is 4.39 Å². The standard InChI is InChI=1S/C19H21FO3/c1-2-15-16(9-10-20)19(12-3-5-13(21)6-4-12)23-18-8-7-14(22)11-17(15)18/h3-8,11,15-16,19,21-22H,2,9-10H2,1H3/t15-,16+,19?/m1/s1. The number of hydrogen-bond acceptors (Lipinski definition) is 3. The molecule has 0 radical (unpaired) electrons. The van der Waals surface area contributed by atoms with Crippen LogP contribution in [0.2, 0.25) is 0 Å². The predicted molar refractivity (Wildman–Crippen MR) is 86.7 cm³/mol. The minimum Gasteiger partial charge on any atom is -0.508 e. The number of hydrogen-bond donors (Lipinski definition) is 2. The molecule has 3 atom stereocenters. The van der Waals surface area contributed by atoms with Gasteiger partial charge in [-0.25, -0.2) is 0 Å². The number of halogens is 1. The first-order valence-electron chi connectivity index (χ1n) is 7.98. The number of ether oxygens (including phenoxy) is 1. The lowest BCUT2D eigenvalue weighted by atomic mass is 9.75. The average Bonchev–Trinajstić information content (AvgIpc) is 2.55. The predicted octanol–water partition coefficient (Wildman–Crippen LogP) is 4.70. The Morgan fingerprint density at radius 1 is 1.04 bits per heavy atom. The monoisotopic (exact) mass is 316 g/mol. The van der Waals surface area contributed by atoms with E-state index < -0.39 is 6.67 Å². The van der Waals surface area contributed by atoms with Crippen molar-refractivity contribution in [1.82, 2.24) is 0 Å². The number of aromatic hydroxyl groups is 2. The molecule has 2 aromatic rings. The van der Waals surface area contributed by atoms with E-state index >= 15 is 0 Å². The summed E-state index contributed by atoms with van der Waals surface area (Å²) in [5.74, 6) is 1.25. The lowest BCUT2D eigenvalue weighted by molar-refractivity contribution is 0.0791. The van der Waals surface area contributed by atoms with E-state index in [4.69, 9.17) is 4.74 Å². The van der Waals surface area contributed by atoms with Crippen molar-refractivity contribution in [2.24, 2.45) is 5.92 Å². The highest BCUT2D eigenvalue weighted by molar-refractivity contribution is 5.45. The topological polar surface area (TPSA) is 49.7 Å². The second-order valence-electron chi connectivity index (χ2n) is 6.01. The van der Waals surface area contributed by atoms with Gasteiger partial charge in [0.1, 0.15) is 23.4 Å². The van der Waals surface area contributed by atoms with Crippen LogP contribution in [0, 0.1) is 5.92 Å². The van der Waals surface area contributed by atoms with Crippen molar-refractivity contribution >= 4 is 0 Å². The average molecular weight is 316 g/mol. The Balaban J connectivity index is 2.05. The van der Waals surface area contributed by atoms with Gasteiger partial charge in [0.05, 0.1) is 6.67 Å². The minimum atomic E-state index is -0.409. The number of benzene rings is 2. The second kappa shape index (κ2) is 6.49. The molecule has 3 rings (SSSR count). The van der Waals surface area contributed by atoms with Gasteiger partial charge in [0.2, 0.25) is 0 Å². The Bertz CT molecular complexity index is 669. The van der Waals surface area contributed by atoms with Gasteiger partial charge in [-0.2, -0.15) is 0 Å². The van der Waals surface area contributed by atoms with Crippen molar-refractivity contribution in [3.8, 4) is 17.2 Å². The van der Waals surface area contributed by atoms with Gasteiger partial charge in [-0.1, -0.05) is 19.1 Å². The third-order valence-electron chi connectivity index (χ3n) is 4.66. The van der Waals surface area contributed by atoms with Gasteiger partial charge in [-0.15, -0.1) is 0 Å². The molecular formula is C19H21FO3. The summed E-state index contributed by atoms with van der Waals surface area (Å²) in [5, 5.41) is 19.3. The highest BCUT2D eigenvalue weighted by Gasteiger charge is 2.38. The van der Waals surface area contributed by atoms with Crippen LogP contribution in [-0.4, -0.2) is 16.9 Å². The zero-order valence-corrected chi connectivity index (χ0v) is 13.1. The molecular weight excluding hydrogens is 295 g/mol. The highest BCUT2D eigenvalue weighted by Crippen LogP contribution is 2.49. The number of fused-ring (bicyclic) bond motifs is 1. The third kappa shape index (κ3) is 2.98. The van der Waals surface area contributed by atoms with Crippen LogP contribution in [0.4, 0.5) is 4.39 Å². The van der Waals surface area contributed by atoms with E-state index in [-0.39, 0.29) is 29.4 Å². The summed E-state index contributed by atoms with van der Waals surface area (Å²) < 4.78 is 19.3. The maximum Gasteiger partial charge on any atom is 0.127 e. The summed E-state index contributed by atoms with van der Waals surface area (Å²) in [6.45, 7) is 1.66. The molecule has 3 nitrogen and oxygen atoms in total. The molecule has 0 spiro atoms. The minimum absolute atomic E-state index is 0.0103. The highest BCUT2D eigenvalue weighted by atomic mass is 19.1. The number of rotatable bonds is 4. The summed E-state index contributed by atoms with van der Waals surface area (Å²) in [4.78, 5) is 0. The Hall–Kier alpha value is -2.23. The van der Waals surface area contributed by atoms with Crippen molar-refractivity contribution in [3.05, 3.63) is 53.6 Å². The van der Waals surface area contributed by atoms with E-state index in [1.807, 2.05) is 12.1 Å². The smallest absolute Gasteiger partial charge is 0.127 e. The van der Waals surface area contributed by atoms with Crippen molar-refractivity contribution < 1.29 is 19.3 Å². The summed E-state index contributed by atoms with van der Waals surface area (Å²) in [7, 11) is 0. The molecule has 1 aliphatic heterocycles. The summed E-state index contributed by atoms with van der Waals surface area (Å²) in [6, 6.07) is 12.0. The van der Waals surface area contributed by atoms with E-state index in [0.717, 1.165) is 23.3 Å². The van der Waals surface area contributed by atoms with Crippen LogP contribution < -0.4 is 4.74 Å². The molecule has 0 saturated heterocycles. The lowest BCUT2D eigenvalue weighted by Crippen LogP contribution is -2.30. The number of alkyl halides is 1. The molecule has 0 bridgehead atoms. The molecule has 0 saturated carbocycles. The summed E-state index contributed by atoms with van der Waals surface area (Å²) in [6.07, 6.45) is 0.992. The van der Waals surface area contributed by atoms with Crippen LogP contribution in [0.5, 0.6) is 17.2 Å². The zero-order chi connectivity index (χ0) is 16.4. The van der Waals surface area contributed by atoms with Crippen molar-refractivity contribution in [1.29, 1.82) is 0 Å². The fraction of sp³-hybridized carbons (Fsp3) is 0.368. The van der Waals surface area contributed by atoms with Crippen molar-refractivity contribution in [2.75, 3.05) is 6.67 Å². The van der Waals surface area contributed by atoms with Crippen LogP contribution in [0.3, 0.4) is 0 Å².